The molecule has 3 rings (SSSR count). The largest absolute Gasteiger partial charge is 0.497 e. The Labute approximate surface area is 194 Å². The molecule has 0 saturated carbocycles. The quantitative estimate of drug-likeness (QED) is 0.552. The zero-order chi connectivity index (χ0) is 23.8. The topological polar surface area (TPSA) is 80.7 Å². The highest BCUT2D eigenvalue weighted by Crippen LogP contribution is 2.37. The van der Waals surface area contributed by atoms with Crippen molar-refractivity contribution in [1.29, 1.82) is 0 Å². The predicted molar refractivity (Wildman–Crippen MR) is 125 cm³/mol. The minimum atomic E-state index is -0.351. The fourth-order valence-electron chi connectivity index (χ4n) is 3.85. The summed E-state index contributed by atoms with van der Waals surface area (Å²) in [7, 11) is 4.79. The molecule has 1 aliphatic heterocycles. The highest BCUT2D eigenvalue weighted by Gasteiger charge is 2.35. The van der Waals surface area contributed by atoms with E-state index in [4.69, 9.17) is 19.3 Å². The number of methoxy groups -OCH3 is 3. The van der Waals surface area contributed by atoms with Gasteiger partial charge in [-0.05, 0) is 18.2 Å². The van der Waals surface area contributed by atoms with Crippen LogP contribution in [0.2, 0.25) is 0 Å². The number of rotatable bonds is 10. The lowest BCUT2D eigenvalue weighted by atomic mass is 9.97. The number of para-hydroxylation sites is 1. The number of ether oxygens (including phenoxy) is 3. The van der Waals surface area contributed by atoms with Crippen molar-refractivity contribution >= 4 is 17.5 Å². The smallest absolute Gasteiger partial charge is 0.262 e. The molecule has 1 heterocycles. The standard InChI is InChI=1S/C25H31N3O5/c1-5-24(29)27(13-14-31-2)17-25(30)28-22(20-11-6-7-12-23(20)33-4)16-21(26-28)18-9-8-10-19(15-18)32-3/h6-12,15,22H,5,13-14,16-17H2,1-4H3/t22-/m0/s1. The molecule has 0 aliphatic carbocycles. The zero-order valence-corrected chi connectivity index (χ0v) is 19.6. The first-order chi connectivity index (χ1) is 16.0. The summed E-state index contributed by atoms with van der Waals surface area (Å²) in [5.41, 5.74) is 2.51. The Morgan fingerprint density at radius 3 is 2.58 bits per heavy atom. The first-order valence-corrected chi connectivity index (χ1v) is 11.0. The molecule has 0 aromatic heterocycles. The van der Waals surface area contributed by atoms with Crippen LogP contribution in [0.4, 0.5) is 0 Å². The number of hydrazone groups is 1. The third kappa shape index (κ3) is 5.70. The lowest BCUT2D eigenvalue weighted by molar-refractivity contribution is -0.141. The Bertz CT molecular complexity index is 1010. The third-order valence-electron chi connectivity index (χ3n) is 5.61. The van der Waals surface area contributed by atoms with Crippen LogP contribution in [0.25, 0.3) is 0 Å². The van der Waals surface area contributed by atoms with Crippen molar-refractivity contribution in [2.24, 2.45) is 5.10 Å². The predicted octanol–water partition coefficient (Wildman–Crippen LogP) is 3.27. The van der Waals surface area contributed by atoms with E-state index in [9.17, 15) is 9.59 Å². The maximum absolute atomic E-state index is 13.4. The van der Waals surface area contributed by atoms with Crippen molar-refractivity contribution in [1.82, 2.24) is 9.91 Å². The van der Waals surface area contributed by atoms with Gasteiger partial charge in [0.15, 0.2) is 0 Å². The molecule has 0 unspecified atom stereocenters. The number of hydrogen-bond donors (Lipinski definition) is 0. The van der Waals surface area contributed by atoms with E-state index in [0.29, 0.717) is 37.5 Å². The van der Waals surface area contributed by atoms with Crippen LogP contribution in [0.3, 0.4) is 0 Å². The van der Waals surface area contributed by atoms with Gasteiger partial charge in [0.2, 0.25) is 5.91 Å². The van der Waals surface area contributed by atoms with Gasteiger partial charge in [0.25, 0.3) is 5.91 Å². The minimum Gasteiger partial charge on any atom is -0.497 e. The molecule has 2 amide bonds. The van der Waals surface area contributed by atoms with Gasteiger partial charge in [0.1, 0.15) is 18.0 Å². The molecule has 1 atom stereocenters. The maximum atomic E-state index is 13.4. The SMILES string of the molecule is CCC(=O)N(CCOC)CC(=O)N1N=C(c2cccc(OC)c2)C[C@H]1c1ccccc1OC. The molecule has 0 bridgehead atoms. The molecule has 0 saturated heterocycles. The summed E-state index contributed by atoms with van der Waals surface area (Å²) >= 11 is 0. The molecule has 0 N–H and O–H groups in total. The van der Waals surface area contributed by atoms with Crippen LogP contribution in [-0.2, 0) is 14.3 Å². The molecule has 8 nitrogen and oxygen atoms in total. The summed E-state index contributed by atoms with van der Waals surface area (Å²) in [5, 5.41) is 6.19. The Morgan fingerprint density at radius 1 is 1.09 bits per heavy atom. The van der Waals surface area contributed by atoms with Gasteiger partial charge >= 0.3 is 0 Å². The zero-order valence-electron chi connectivity index (χ0n) is 19.6. The van der Waals surface area contributed by atoms with E-state index < -0.39 is 0 Å². The normalized spacial score (nSPS) is 15.2. The van der Waals surface area contributed by atoms with Crippen LogP contribution in [0.1, 0.15) is 36.9 Å². The molecule has 1 aliphatic rings. The second-order valence-corrected chi connectivity index (χ2v) is 7.64. The van der Waals surface area contributed by atoms with Gasteiger partial charge in [-0.3, -0.25) is 9.59 Å². The Morgan fingerprint density at radius 2 is 1.88 bits per heavy atom. The van der Waals surface area contributed by atoms with Crippen LogP contribution in [0.5, 0.6) is 11.5 Å². The number of carbonyl (C=O) groups is 2. The Kier molecular flexibility index (Phi) is 8.43. The van der Waals surface area contributed by atoms with E-state index in [1.165, 1.54) is 9.91 Å². The first kappa shape index (κ1) is 24.3. The highest BCUT2D eigenvalue weighted by atomic mass is 16.5. The van der Waals surface area contributed by atoms with E-state index >= 15 is 0 Å². The summed E-state index contributed by atoms with van der Waals surface area (Å²) in [6.07, 6.45) is 0.824. The lowest BCUT2D eigenvalue weighted by Crippen LogP contribution is -2.42. The number of benzene rings is 2. The molecule has 33 heavy (non-hydrogen) atoms. The van der Waals surface area contributed by atoms with E-state index in [2.05, 4.69) is 0 Å². The van der Waals surface area contributed by atoms with Gasteiger partial charge in [0.05, 0.1) is 32.6 Å². The molecular weight excluding hydrogens is 422 g/mol. The summed E-state index contributed by atoms with van der Waals surface area (Å²) in [6, 6.07) is 14.9. The molecule has 176 valence electrons. The lowest BCUT2D eigenvalue weighted by Gasteiger charge is -2.27. The fourth-order valence-corrected chi connectivity index (χ4v) is 3.85. The molecule has 0 radical (unpaired) electrons. The molecule has 2 aromatic carbocycles. The Balaban J connectivity index is 1.95. The average Bonchev–Trinajstić information content (AvgIpc) is 3.31. The third-order valence-corrected chi connectivity index (χ3v) is 5.61. The Hall–Kier alpha value is -3.39. The number of nitrogens with zero attached hydrogens (tertiary/aromatic N) is 3. The van der Waals surface area contributed by atoms with Crippen molar-refractivity contribution < 1.29 is 23.8 Å². The van der Waals surface area contributed by atoms with Crippen LogP contribution >= 0.6 is 0 Å². The van der Waals surface area contributed by atoms with Gasteiger partial charge in [-0.25, -0.2) is 5.01 Å². The number of amides is 2. The second-order valence-electron chi connectivity index (χ2n) is 7.64. The maximum Gasteiger partial charge on any atom is 0.262 e. The molecule has 8 heteroatoms. The molecule has 0 spiro atoms. The van der Waals surface area contributed by atoms with Crippen LogP contribution < -0.4 is 9.47 Å². The molecule has 2 aromatic rings. The van der Waals surface area contributed by atoms with Gasteiger partial charge in [0, 0.05) is 37.6 Å². The van der Waals surface area contributed by atoms with E-state index in [0.717, 1.165) is 16.8 Å². The van der Waals surface area contributed by atoms with E-state index in [1.807, 2.05) is 48.5 Å². The molecule has 0 fully saturated rings. The van der Waals surface area contributed by atoms with Gasteiger partial charge < -0.3 is 19.1 Å². The average molecular weight is 454 g/mol. The second kappa shape index (κ2) is 11.5. The van der Waals surface area contributed by atoms with Gasteiger partial charge in [-0.15, -0.1) is 0 Å². The van der Waals surface area contributed by atoms with E-state index in [-0.39, 0.29) is 24.4 Å². The van der Waals surface area contributed by atoms with Crippen molar-refractivity contribution in [3.63, 3.8) is 0 Å². The number of carbonyl (C=O) groups excluding carboxylic acids is 2. The summed E-state index contributed by atoms with van der Waals surface area (Å²) in [6.45, 7) is 2.40. The first-order valence-electron chi connectivity index (χ1n) is 11.0. The number of hydrogen-bond acceptors (Lipinski definition) is 6. The molecular formula is C25H31N3O5. The van der Waals surface area contributed by atoms with Crippen molar-refractivity contribution in [2.45, 2.75) is 25.8 Å². The van der Waals surface area contributed by atoms with Crippen molar-refractivity contribution in [3.8, 4) is 11.5 Å². The van der Waals surface area contributed by atoms with Gasteiger partial charge in [-0.2, -0.15) is 5.10 Å². The highest BCUT2D eigenvalue weighted by molar-refractivity contribution is 6.03. The fraction of sp³-hybridized carbons (Fsp3) is 0.400. The van der Waals surface area contributed by atoms with Crippen LogP contribution in [-0.4, -0.2) is 68.5 Å². The monoisotopic (exact) mass is 453 g/mol. The van der Waals surface area contributed by atoms with Crippen molar-refractivity contribution in [2.75, 3.05) is 41.0 Å². The van der Waals surface area contributed by atoms with E-state index in [1.54, 1.807) is 28.3 Å². The van der Waals surface area contributed by atoms with Crippen molar-refractivity contribution in [3.05, 3.63) is 59.7 Å². The van der Waals surface area contributed by atoms with Crippen LogP contribution in [0, 0.1) is 0 Å². The summed E-state index contributed by atoms with van der Waals surface area (Å²) in [5.74, 6) is 1.03. The van der Waals surface area contributed by atoms with Crippen LogP contribution in [0.15, 0.2) is 53.6 Å². The van der Waals surface area contributed by atoms with Gasteiger partial charge in [-0.1, -0.05) is 37.3 Å². The minimum absolute atomic E-state index is 0.0728. The summed E-state index contributed by atoms with van der Waals surface area (Å²) < 4.78 is 16.0. The summed E-state index contributed by atoms with van der Waals surface area (Å²) in [4.78, 5) is 27.4.